The van der Waals surface area contributed by atoms with E-state index in [1.54, 1.807) is 0 Å². The number of nitrogens with zero attached hydrogens (tertiary/aromatic N) is 4. The molecule has 1 amide bonds. The van der Waals surface area contributed by atoms with Crippen LogP contribution < -0.4 is 10.6 Å². The summed E-state index contributed by atoms with van der Waals surface area (Å²) in [4.78, 5) is 22.6. The van der Waals surface area contributed by atoms with Crippen LogP contribution in [0.3, 0.4) is 0 Å². The second-order valence-corrected chi connectivity index (χ2v) is 6.85. The highest BCUT2D eigenvalue weighted by Gasteiger charge is 2.18. The molecule has 2 N–H and O–H groups in total. The molecule has 0 unspecified atom stereocenters. The standard InChI is InChI=1S/C18H32N6O.HI/c1-4-19-18(21-8-6-11-23-10-5-7-17(23)25)22-13-16-20-9-12-24(16)14-15(2)3;/h9,12,15H,4-8,10-11,13-14H2,1-3H3,(H2,19,21,22);1H. The summed E-state index contributed by atoms with van der Waals surface area (Å²) >= 11 is 0. The SMILES string of the molecule is CCNC(=NCc1nccn1CC(C)C)NCCCN1CCCC1=O.I. The minimum absolute atomic E-state index is 0. The molecule has 1 aromatic rings. The van der Waals surface area contributed by atoms with Crippen molar-refractivity contribution in [2.75, 3.05) is 26.2 Å². The molecule has 1 aliphatic rings. The summed E-state index contributed by atoms with van der Waals surface area (Å²) in [5.41, 5.74) is 0. The number of hydrogen-bond donors (Lipinski definition) is 2. The Labute approximate surface area is 174 Å². The number of aromatic nitrogens is 2. The fourth-order valence-electron chi connectivity index (χ4n) is 2.96. The van der Waals surface area contributed by atoms with Crippen molar-refractivity contribution in [2.45, 2.75) is 53.1 Å². The van der Waals surface area contributed by atoms with E-state index in [-0.39, 0.29) is 29.9 Å². The Morgan fingerprint density at radius 3 is 2.85 bits per heavy atom. The average molecular weight is 476 g/mol. The number of halogens is 1. The third kappa shape index (κ3) is 7.51. The van der Waals surface area contributed by atoms with E-state index in [1.807, 2.05) is 17.3 Å². The zero-order chi connectivity index (χ0) is 18.1. The maximum atomic E-state index is 11.6. The van der Waals surface area contributed by atoms with Gasteiger partial charge in [0.1, 0.15) is 12.4 Å². The van der Waals surface area contributed by atoms with Gasteiger partial charge in [0.25, 0.3) is 0 Å². The summed E-state index contributed by atoms with van der Waals surface area (Å²) in [5, 5.41) is 6.61. The van der Waals surface area contributed by atoms with Crippen molar-refractivity contribution in [3.63, 3.8) is 0 Å². The largest absolute Gasteiger partial charge is 0.357 e. The maximum Gasteiger partial charge on any atom is 0.222 e. The first-order chi connectivity index (χ1) is 12.1. The average Bonchev–Trinajstić information content (AvgIpc) is 3.17. The van der Waals surface area contributed by atoms with Crippen molar-refractivity contribution < 1.29 is 4.79 Å². The van der Waals surface area contributed by atoms with Crippen LogP contribution in [0.2, 0.25) is 0 Å². The van der Waals surface area contributed by atoms with E-state index >= 15 is 0 Å². The molecule has 8 heteroatoms. The van der Waals surface area contributed by atoms with Crippen LogP contribution in [0.4, 0.5) is 0 Å². The van der Waals surface area contributed by atoms with Gasteiger partial charge in [0.05, 0.1) is 0 Å². The Morgan fingerprint density at radius 2 is 2.19 bits per heavy atom. The molecule has 7 nitrogen and oxygen atoms in total. The van der Waals surface area contributed by atoms with Gasteiger partial charge in [0, 0.05) is 51.5 Å². The third-order valence-electron chi connectivity index (χ3n) is 4.15. The topological polar surface area (TPSA) is 74.6 Å². The molecular formula is C18H33IN6O. The number of carbonyl (C=O) groups is 1. The summed E-state index contributed by atoms with van der Waals surface area (Å²) in [6, 6.07) is 0. The second-order valence-electron chi connectivity index (χ2n) is 6.85. The lowest BCUT2D eigenvalue weighted by Gasteiger charge is -2.16. The van der Waals surface area contributed by atoms with Crippen LogP contribution in [0.25, 0.3) is 0 Å². The molecule has 2 heterocycles. The minimum Gasteiger partial charge on any atom is -0.357 e. The molecule has 0 spiro atoms. The van der Waals surface area contributed by atoms with E-state index in [2.05, 4.69) is 45.9 Å². The lowest BCUT2D eigenvalue weighted by Crippen LogP contribution is -2.39. The number of aliphatic imine (C=N–C) groups is 1. The van der Waals surface area contributed by atoms with Crippen molar-refractivity contribution in [1.82, 2.24) is 25.1 Å². The molecule has 0 aliphatic carbocycles. The predicted molar refractivity (Wildman–Crippen MR) is 116 cm³/mol. The number of rotatable bonds is 9. The highest BCUT2D eigenvalue weighted by molar-refractivity contribution is 14.0. The molecule has 0 aromatic carbocycles. The normalized spacial score (nSPS) is 14.7. The Balaban J connectivity index is 0.00000338. The van der Waals surface area contributed by atoms with Gasteiger partial charge < -0.3 is 20.1 Å². The lowest BCUT2D eigenvalue weighted by atomic mass is 10.2. The van der Waals surface area contributed by atoms with E-state index in [0.717, 1.165) is 57.3 Å². The molecule has 26 heavy (non-hydrogen) atoms. The molecule has 0 atom stereocenters. The molecule has 2 rings (SSSR count). The molecular weight excluding hydrogens is 443 g/mol. The molecule has 0 saturated carbocycles. The molecule has 1 fully saturated rings. The number of guanidine groups is 1. The van der Waals surface area contributed by atoms with E-state index < -0.39 is 0 Å². The van der Waals surface area contributed by atoms with E-state index in [9.17, 15) is 4.79 Å². The molecule has 0 bridgehead atoms. The zero-order valence-electron chi connectivity index (χ0n) is 16.2. The van der Waals surface area contributed by atoms with E-state index in [0.29, 0.717) is 18.9 Å². The molecule has 148 valence electrons. The van der Waals surface area contributed by atoms with Gasteiger partial charge in [0.2, 0.25) is 5.91 Å². The van der Waals surface area contributed by atoms with Crippen LogP contribution in [0.5, 0.6) is 0 Å². The smallest absolute Gasteiger partial charge is 0.222 e. The van der Waals surface area contributed by atoms with Crippen LogP contribution in [0, 0.1) is 5.92 Å². The van der Waals surface area contributed by atoms with Gasteiger partial charge in [-0.05, 0) is 25.7 Å². The molecule has 1 aliphatic heterocycles. The first kappa shape index (κ1) is 22.7. The maximum absolute atomic E-state index is 11.6. The summed E-state index contributed by atoms with van der Waals surface area (Å²) in [7, 11) is 0. The van der Waals surface area contributed by atoms with Crippen molar-refractivity contribution in [3.8, 4) is 0 Å². The highest BCUT2D eigenvalue weighted by Crippen LogP contribution is 2.09. The highest BCUT2D eigenvalue weighted by atomic mass is 127. The van der Waals surface area contributed by atoms with Gasteiger partial charge in [-0.1, -0.05) is 13.8 Å². The Bertz CT molecular complexity index is 572. The number of carbonyl (C=O) groups excluding carboxylic acids is 1. The molecule has 1 saturated heterocycles. The minimum atomic E-state index is 0. The first-order valence-corrected chi connectivity index (χ1v) is 9.40. The Morgan fingerprint density at radius 1 is 1.38 bits per heavy atom. The summed E-state index contributed by atoms with van der Waals surface area (Å²) < 4.78 is 2.16. The molecule has 0 radical (unpaired) electrons. The van der Waals surface area contributed by atoms with Gasteiger partial charge in [-0.3, -0.25) is 4.79 Å². The van der Waals surface area contributed by atoms with E-state index in [1.165, 1.54) is 0 Å². The summed E-state index contributed by atoms with van der Waals surface area (Å²) in [6.45, 7) is 11.3. The Hall–Kier alpha value is -1.32. The van der Waals surface area contributed by atoms with Crippen molar-refractivity contribution in [2.24, 2.45) is 10.9 Å². The van der Waals surface area contributed by atoms with Gasteiger partial charge in [-0.2, -0.15) is 0 Å². The van der Waals surface area contributed by atoms with Crippen molar-refractivity contribution in [3.05, 3.63) is 18.2 Å². The van der Waals surface area contributed by atoms with Gasteiger partial charge >= 0.3 is 0 Å². The predicted octanol–water partition coefficient (Wildman–Crippen LogP) is 2.22. The van der Waals surface area contributed by atoms with Crippen LogP contribution in [0.1, 0.15) is 45.9 Å². The van der Waals surface area contributed by atoms with E-state index in [4.69, 9.17) is 0 Å². The quantitative estimate of drug-likeness (QED) is 0.248. The van der Waals surface area contributed by atoms with Gasteiger partial charge in [-0.15, -0.1) is 24.0 Å². The number of amides is 1. The monoisotopic (exact) mass is 476 g/mol. The van der Waals surface area contributed by atoms with Crippen molar-refractivity contribution in [1.29, 1.82) is 0 Å². The zero-order valence-corrected chi connectivity index (χ0v) is 18.5. The van der Waals surface area contributed by atoms with Gasteiger partial charge in [0.15, 0.2) is 5.96 Å². The number of nitrogens with one attached hydrogen (secondary N) is 2. The molecule has 1 aromatic heterocycles. The fraction of sp³-hybridized carbons (Fsp3) is 0.722. The van der Waals surface area contributed by atoms with Crippen LogP contribution in [0.15, 0.2) is 17.4 Å². The second kappa shape index (κ2) is 12.1. The fourth-order valence-corrected chi connectivity index (χ4v) is 2.96. The summed E-state index contributed by atoms with van der Waals surface area (Å²) in [5.74, 6) is 2.65. The number of hydrogen-bond acceptors (Lipinski definition) is 3. The third-order valence-corrected chi connectivity index (χ3v) is 4.15. The first-order valence-electron chi connectivity index (χ1n) is 9.40. The van der Waals surface area contributed by atoms with Crippen molar-refractivity contribution >= 4 is 35.8 Å². The Kier molecular flexibility index (Phi) is 10.6. The lowest BCUT2D eigenvalue weighted by molar-refractivity contribution is -0.127. The summed E-state index contributed by atoms with van der Waals surface area (Å²) in [6.07, 6.45) is 6.48. The van der Waals surface area contributed by atoms with Gasteiger partial charge in [-0.25, -0.2) is 9.98 Å². The van der Waals surface area contributed by atoms with Crippen LogP contribution in [-0.4, -0.2) is 52.5 Å². The van der Waals surface area contributed by atoms with Crippen LogP contribution >= 0.6 is 24.0 Å². The van der Waals surface area contributed by atoms with Crippen LogP contribution in [-0.2, 0) is 17.9 Å². The number of likely N-dealkylation sites (tertiary alicyclic amines) is 1. The number of imidazole rings is 1.